The van der Waals surface area contributed by atoms with Crippen molar-refractivity contribution in [1.82, 2.24) is 14.1 Å². The van der Waals surface area contributed by atoms with Gasteiger partial charge in [0.1, 0.15) is 5.75 Å². The minimum Gasteiger partial charge on any atom is -0.506 e. The summed E-state index contributed by atoms with van der Waals surface area (Å²) in [5.74, 6) is 0.303. The van der Waals surface area contributed by atoms with E-state index in [-0.39, 0.29) is 11.7 Å². The van der Waals surface area contributed by atoms with Crippen molar-refractivity contribution in [2.75, 3.05) is 63.8 Å². The average molecular weight is 495 g/mol. The van der Waals surface area contributed by atoms with Gasteiger partial charge >= 0.3 is 0 Å². The molecular formula is C26H30N4O4S. The Morgan fingerprint density at radius 2 is 1.43 bits per heavy atom. The van der Waals surface area contributed by atoms with Crippen LogP contribution < -0.4 is 4.90 Å². The normalized spacial score (nSPS) is 18.2. The lowest BCUT2D eigenvalue weighted by molar-refractivity contribution is -0.133. The molecule has 35 heavy (non-hydrogen) atoms. The Hall–Kier alpha value is -3.14. The number of carbonyl (C=O) groups excluding carboxylic acids is 1. The molecule has 0 spiro atoms. The van der Waals surface area contributed by atoms with E-state index in [1.165, 1.54) is 4.31 Å². The number of rotatable bonds is 5. The van der Waals surface area contributed by atoms with E-state index < -0.39 is 10.0 Å². The standard InChI is InChI=1S/C26H30N4O4S/c31-25-8-4-3-7-24(25)28-13-11-27(12-14-28)20-26(32)29-15-17-30(18-16-29)35(33,34)23-10-9-21-5-1-2-6-22(21)19-23/h1-10,19,31H,11-18,20H2. The Morgan fingerprint density at radius 1 is 0.771 bits per heavy atom. The van der Waals surface area contributed by atoms with E-state index in [1.54, 1.807) is 29.2 Å². The number of phenols is 1. The van der Waals surface area contributed by atoms with Gasteiger partial charge in [0, 0.05) is 52.4 Å². The fourth-order valence-corrected chi connectivity index (χ4v) is 6.28. The molecule has 2 fully saturated rings. The van der Waals surface area contributed by atoms with Gasteiger partial charge in [-0.3, -0.25) is 9.69 Å². The monoisotopic (exact) mass is 494 g/mol. The SMILES string of the molecule is O=C(CN1CCN(c2ccccc2O)CC1)N1CCN(S(=O)(=O)c2ccc3ccccc3c2)CC1. The first-order valence-corrected chi connectivity index (χ1v) is 13.4. The van der Waals surface area contributed by atoms with Crippen molar-refractivity contribution in [3.63, 3.8) is 0 Å². The highest BCUT2D eigenvalue weighted by Crippen LogP contribution is 2.27. The van der Waals surface area contributed by atoms with Gasteiger partial charge in [0.25, 0.3) is 0 Å². The summed E-state index contributed by atoms with van der Waals surface area (Å²) in [5, 5.41) is 12.0. The molecule has 184 valence electrons. The fourth-order valence-electron chi connectivity index (χ4n) is 4.82. The van der Waals surface area contributed by atoms with Crippen LogP contribution >= 0.6 is 0 Å². The number of anilines is 1. The summed E-state index contributed by atoms with van der Waals surface area (Å²) in [5.41, 5.74) is 0.822. The zero-order valence-electron chi connectivity index (χ0n) is 19.6. The van der Waals surface area contributed by atoms with Gasteiger partial charge < -0.3 is 14.9 Å². The smallest absolute Gasteiger partial charge is 0.243 e. The molecule has 0 radical (unpaired) electrons. The van der Waals surface area contributed by atoms with E-state index in [0.717, 1.165) is 42.6 Å². The number of carbonyl (C=O) groups is 1. The molecule has 1 N–H and O–H groups in total. The number of hydrogen-bond acceptors (Lipinski definition) is 6. The highest BCUT2D eigenvalue weighted by molar-refractivity contribution is 7.89. The minimum atomic E-state index is -3.61. The molecule has 0 aliphatic carbocycles. The molecule has 8 nitrogen and oxygen atoms in total. The van der Waals surface area contributed by atoms with Gasteiger partial charge in [-0.25, -0.2) is 8.42 Å². The Kier molecular flexibility index (Phi) is 6.64. The summed E-state index contributed by atoms with van der Waals surface area (Å²) >= 11 is 0. The number of amides is 1. The number of aromatic hydroxyl groups is 1. The van der Waals surface area contributed by atoms with Gasteiger partial charge in [0.15, 0.2) is 0 Å². The van der Waals surface area contributed by atoms with Crippen molar-refractivity contribution < 1.29 is 18.3 Å². The fraction of sp³-hybridized carbons (Fsp3) is 0.346. The predicted octanol–water partition coefficient (Wildman–Crippen LogP) is 2.20. The zero-order valence-corrected chi connectivity index (χ0v) is 20.4. The van der Waals surface area contributed by atoms with Gasteiger partial charge in [0.05, 0.1) is 17.1 Å². The second kappa shape index (κ2) is 9.85. The molecule has 0 bridgehead atoms. The Balaban J connectivity index is 1.14. The second-order valence-electron chi connectivity index (χ2n) is 9.05. The van der Waals surface area contributed by atoms with Gasteiger partial charge in [-0.2, -0.15) is 4.31 Å². The maximum Gasteiger partial charge on any atom is 0.243 e. The molecular weight excluding hydrogens is 464 g/mol. The van der Waals surface area contributed by atoms with E-state index in [9.17, 15) is 18.3 Å². The third kappa shape index (κ3) is 4.98. The van der Waals surface area contributed by atoms with E-state index in [1.807, 2.05) is 42.5 Å². The number of nitrogens with zero attached hydrogens (tertiary/aromatic N) is 4. The first kappa shape index (κ1) is 23.6. The van der Waals surface area contributed by atoms with Crippen LogP contribution in [0.25, 0.3) is 10.8 Å². The lowest BCUT2D eigenvalue weighted by atomic mass is 10.1. The van der Waals surface area contributed by atoms with E-state index in [0.29, 0.717) is 37.6 Å². The van der Waals surface area contributed by atoms with Gasteiger partial charge in [-0.15, -0.1) is 0 Å². The molecule has 0 aromatic heterocycles. The van der Waals surface area contributed by atoms with Crippen molar-refractivity contribution >= 4 is 32.4 Å². The van der Waals surface area contributed by atoms with Crippen LogP contribution in [0.15, 0.2) is 71.6 Å². The highest BCUT2D eigenvalue weighted by atomic mass is 32.2. The van der Waals surface area contributed by atoms with Crippen LogP contribution in [-0.2, 0) is 14.8 Å². The van der Waals surface area contributed by atoms with Crippen molar-refractivity contribution in [2.45, 2.75) is 4.90 Å². The van der Waals surface area contributed by atoms with Crippen LogP contribution in [0.3, 0.4) is 0 Å². The van der Waals surface area contributed by atoms with E-state index in [4.69, 9.17) is 0 Å². The van der Waals surface area contributed by atoms with Gasteiger partial charge in [0.2, 0.25) is 15.9 Å². The summed E-state index contributed by atoms with van der Waals surface area (Å²) in [4.78, 5) is 19.2. The van der Waals surface area contributed by atoms with Gasteiger partial charge in [-0.1, -0.05) is 42.5 Å². The predicted molar refractivity (Wildman–Crippen MR) is 136 cm³/mol. The van der Waals surface area contributed by atoms with E-state index >= 15 is 0 Å². The lowest BCUT2D eigenvalue weighted by Gasteiger charge is -2.38. The molecule has 2 heterocycles. The molecule has 0 atom stereocenters. The van der Waals surface area contributed by atoms with Crippen LogP contribution in [-0.4, -0.2) is 92.4 Å². The summed E-state index contributed by atoms with van der Waals surface area (Å²) < 4.78 is 27.9. The number of phenolic OH excluding ortho intramolecular Hbond substituents is 1. The lowest BCUT2D eigenvalue weighted by Crippen LogP contribution is -2.54. The largest absolute Gasteiger partial charge is 0.506 e. The highest BCUT2D eigenvalue weighted by Gasteiger charge is 2.31. The molecule has 2 aliphatic rings. The molecule has 0 unspecified atom stereocenters. The van der Waals surface area contributed by atoms with Crippen LogP contribution in [0.4, 0.5) is 5.69 Å². The summed E-state index contributed by atoms with van der Waals surface area (Å²) in [6.07, 6.45) is 0. The van der Waals surface area contributed by atoms with Gasteiger partial charge in [-0.05, 0) is 35.0 Å². The molecule has 1 amide bonds. The molecule has 3 aromatic rings. The summed E-state index contributed by atoms with van der Waals surface area (Å²) in [7, 11) is -3.61. The van der Waals surface area contributed by atoms with Crippen LogP contribution in [0.1, 0.15) is 0 Å². The Morgan fingerprint density at radius 3 is 2.14 bits per heavy atom. The Bertz CT molecular complexity index is 1310. The molecule has 2 aliphatic heterocycles. The molecule has 3 aromatic carbocycles. The number of benzene rings is 3. The third-order valence-corrected chi connectivity index (χ3v) is 8.80. The van der Waals surface area contributed by atoms with Crippen molar-refractivity contribution in [3.05, 3.63) is 66.7 Å². The first-order chi connectivity index (χ1) is 16.9. The first-order valence-electron chi connectivity index (χ1n) is 11.9. The third-order valence-electron chi connectivity index (χ3n) is 6.90. The minimum absolute atomic E-state index is 0.0313. The Labute approximate surface area is 206 Å². The molecule has 5 rings (SSSR count). The summed E-state index contributed by atoms with van der Waals surface area (Å²) in [6, 6.07) is 20.2. The maximum absolute atomic E-state index is 13.2. The molecule has 2 saturated heterocycles. The number of para-hydroxylation sites is 2. The number of sulfonamides is 1. The van der Waals surface area contributed by atoms with Crippen molar-refractivity contribution in [2.24, 2.45) is 0 Å². The number of hydrogen-bond donors (Lipinski definition) is 1. The van der Waals surface area contributed by atoms with E-state index in [2.05, 4.69) is 9.80 Å². The summed E-state index contributed by atoms with van der Waals surface area (Å²) in [6.45, 7) is 4.64. The quantitative estimate of drug-likeness (QED) is 0.586. The number of piperazine rings is 2. The van der Waals surface area contributed by atoms with Crippen molar-refractivity contribution in [3.8, 4) is 5.75 Å². The van der Waals surface area contributed by atoms with Crippen LogP contribution in [0.2, 0.25) is 0 Å². The molecule has 0 saturated carbocycles. The molecule has 9 heteroatoms. The second-order valence-corrected chi connectivity index (χ2v) is 11.0. The van der Waals surface area contributed by atoms with Crippen molar-refractivity contribution in [1.29, 1.82) is 0 Å². The maximum atomic E-state index is 13.2. The number of fused-ring (bicyclic) bond motifs is 1. The average Bonchev–Trinajstić information content (AvgIpc) is 2.89. The van der Waals surface area contributed by atoms with Crippen LogP contribution in [0.5, 0.6) is 5.75 Å². The topological polar surface area (TPSA) is 84.4 Å². The van der Waals surface area contributed by atoms with Crippen LogP contribution in [0, 0.1) is 0 Å². The zero-order chi connectivity index (χ0) is 24.4.